The molecule has 3 aliphatic rings. The third kappa shape index (κ3) is 1.66. The van der Waals surface area contributed by atoms with Crippen LogP contribution in [0.2, 0.25) is 0 Å². The van der Waals surface area contributed by atoms with E-state index in [4.69, 9.17) is 9.47 Å². The molecular formula is C16H18N2O4. The summed E-state index contributed by atoms with van der Waals surface area (Å²) in [6.07, 6.45) is -0.604. The average Bonchev–Trinajstić information content (AvgIpc) is 3.39. The molecule has 2 saturated heterocycles. The Morgan fingerprint density at radius 3 is 1.68 bits per heavy atom. The molecule has 2 fully saturated rings. The quantitative estimate of drug-likeness (QED) is 0.787. The van der Waals surface area contributed by atoms with E-state index >= 15 is 0 Å². The van der Waals surface area contributed by atoms with Gasteiger partial charge in [-0.2, -0.15) is 0 Å². The highest BCUT2D eigenvalue weighted by molar-refractivity contribution is 5.79. The van der Waals surface area contributed by atoms with Crippen LogP contribution in [0.4, 0.5) is 9.59 Å². The van der Waals surface area contributed by atoms with Crippen molar-refractivity contribution < 1.29 is 19.1 Å². The summed E-state index contributed by atoms with van der Waals surface area (Å²) in [6.45, 7) is 4.30. The van der Waals surface area contributed by atoms with Crippen molar-refractivity contribution in [3.63, 3.8) is 0 Å². The number of rotatable bonds is 2. The van der Waals surface area contributed by atoms with Crippen LogP contribution in [-0.2, 0) is 9.47 Å². The van der Waals surface area contributed by atoms with E-state index < -0.39 is 0 Å². The SMILES string of the molecule is CCOC(=O)N1[C@@H]2[C@H]3[C@H](c4ccccc4[C@@H]21)N3C(=O)OCC. The molecule has 1 aromatic carbocycles. The molecule has 0 N–H and O–H groups in total. The van der Waals surface area contributed by atoms with Crippen molar-refractivity contribution in [1.82, 2.24) is 9.80 Å². The maximum absolute atomic E-state index is 12.1. The van der Waals surface area contributed by atoms with Gasteiger partial charge in [0.1, 0.15) is 0 Å². The van der Waals surface area contributed by atoms with E-state index in [9.17, 15) is 9.59 Å². The minimum atomic E-state index is -0.302. The molecule has 0 spiro atoms. The summed E-state index contributed by atoms with van der Waals surface area (Å²) in [6, 6.07) is 8.08. The van der Waals surface area contributed by atoms with Gasteiger partial charge in [0.15, 0.2) is 0 Å². The summed E-state index contributed by atoms with van der Waals surface area (Å²) in [5.74, 6) is 0. The molecule has 0 aromatic heterocycles. The first kappa shape index (κ1) is 13.4. The monoisotopic (exact) mass is 302 g/mol. The first-order valence-electron chi connectivity index (χ1n) is 7.69. The molecular weight excluding hydrogens is 284 g/mol. The van der Waals surface area contributed by atoms with Gasteiger partial charge in [0, 0.05) is 0 Å². The van der Waals surface area contributed by atoms with Gasteiger partial charge < -0.3 is 9.47 Å². The van der Waals surface area contributed by atoms with Crippen molar-refractivity contribution in [2.45, 2.75) is 38.0 Å². The van der Waals surface area contributed by atoms with Gasteiger partial charge in [-0.1, -0.05) is 24.3 Å². The van der Waals surface area contributed by atoms with Gasteiger partial charge in [-0.15, -0.1) is 0 Å². The number of nitrogens with zero attached hydrogens (tertiary/aromatic N) is 2. The molecule has 1 aromatic rings. The summed E-state index contributed by atoms with van der Waals surface area (Å²) < 4.78 is 10.3. The molecule has 22 heavy (non-hydrogen) atoms. The van der Waals surface area contributed by atoms with Gasteiger partial charge in [-0.25, -0.2) is 9.59 Å². The van der Waals surface area contributed by atoms with Gasteiger partial charge in [-0.05, 0) is 25.0 Å². The van der Waals surface area contributed by atoms with Crippen LogP contribution in [0.5, 0.6) is 0 Å². The lowest BCUT2D eigenvalue weighted by Gasteiger charge is -2.10. The lowest BCUT2D eigenvalue weighted by Crippen LogP contribution is -2.22. The minimum absolute atomic E-state index is 0.0170. The largest absolute Gasteiger partial charge is 0.450 e. The Morgan fingerprint density at radius 1 is 0.909 bits per heavy atom. The first-order chi connectivity index (χ1) is 10.7. The standard InChI is InChI=1S/C16H18N2O4/c1-3-21-15(19)17-11-9-7-5-6-8-10(9)12-14(13(11)17)18(12)16(20)22-4-2/h5-8,11-14H,3-4H2,1-2H3/t11-,12-,13-,14+,17?,18?/m0/s1. The second-order valence-corrected chi connectivity index (χ2v) is 5.71. The van der Waals surface area contributed by atoms with Crippen LogP contribution in [0.15, 0.2) is 24.3 Å². The topological polar surface area (TPSA) is 58.6 Å². The highest BCUT2D eigenvalue weighted by Gasteiger charge is 2.73. The summed E-state index contributed by atoms with van der Waals surface area (Å²) in [5.41, 5.74) is 2.24. The van der Waals surface area contributed by atoms with Crippen LogP contribution in [0.3, 0.4) is 0 Å². The second-order valence-electron chi connectivity index (χ2n) is 5.71. The number of benzene rings is 1. The number of carbonyl (C=O) groups excluding carboxylic acids is 2. The zero-order valence-electron chi connectivity index (χ0n) is 12.6. The molecule has 0 unspecified atom stereocenters. The van der Waals surface area contributed by atoms with E-state index in [1.807, 2.05) is 24.3 Å². The lowest BCUT2D eigenvalue weighted by atomic mass is 9.92. The van der Waals surface area contributed by atoms with Crippen LogP contribution >= 0.6 is 0 Å². The molecule has 6 heteroatoms. The Bertz CT molecular complexity index is 592. The van der Waals surface area contributed by atoms with Crippen LogP contribution in [0, 0.1) is 0 Å². The number of fused-ring (bicyclic) bond motifs is 6. The number of amides is 2. The highest BCUT2D eigenvalue weighted by atomic mass is 16.6. The van der Waals surface area contributed by atoms with Crippen LogP contribution < -0.4 is 0 Å². The fourth-order valence-electron chi connectivity index (χ4n) is 3.79. The molecule has 2 amide bonds. The minimum Gasteiger partial charge on any atom is -0.450 e. The van der Waals surface area contributed by atoms with Gasteiger partial charge in [0.05, 0.1) is 37.4 Å². The number of hydrogen-bond donors (Lipinski definition) is 0. The van der Waals surface area contributed by atoms with Gasteiger partial charge in [0.25, 0.3) is 0 Å². The van der Waals surface area contributed by atoms with E-state index in [0.29, 0.717) is 13.2 Å². The Hall–Kier alpha value is -2.24. The van der Waals surface area contributed by atoms with E-state index in [0.717, 1.165) is 11.1 Å². The lowest BCUT2D eigenvalue weighted by molar-refractivity contribution is 0.126. The van der Waals surface area contributed by atoms with Crippen LogP contribution in [0.25, 0.3) is 0 Å². The smallest absolute Gasteiger partial charge is 0.410 e. The Labute approximate surface area is 128 Å². The van der Waals surface area contributed by atoms with E-state index in [1.54, 1.807) is 23.6 Å². The van der Waals surface area contributed by atoms with Gasteiger partial charge >= 0.3 is 12.2 Å². The predicted molar refractivity (Wildman–Crippen MR) is 77.2 cm³/mol. The molecule has 1 aliphatic carbocycles. The molecule has 0 radical (unpaired) electrons. The molecule has 2 aliphatic heterocycles. The van der Waals surface area contributed by atoms with Crippen molar-refractivity contribution >= 4 is 12.2 Å². The maximum Gasteiger partial charge on any atom is 0.410 e. The van der Waals surface area contributed by atoms with Crippen molar-refractivity contribution in [2.24, 2.45) is 0 Å². The Kier molecular flexibility index (Phi) is 2.82. The van der Waals surface area contributed by atoms with Crippen molar-refractivity contribution in [3.8, 4) is 0 Å². The normalized spacial score (nSPS) is 29.9. The van der Waals surface area contributed by atoms with Crippen molar-refractivity contribution in [2.75, 3.05) is 13.2 Å². The number of hydrogen-bond acceptors (Lipinski definition) is 4. The summed E-state index contributed by atoms with van der Waals surface area (Å²) in [7, 11) is 0. The summed E-state index contributed by atoms with van der Waals surface area (Å²) in [4.78, 5) is 27.7. The number of ether oxygens (including phenoxy) is 2. The highest BCUT2D eigenvalue weighted by Crippen LogP contribution is 2.64. The van der Waals surface area contributed by atoms with E-state index in [1.165, 1.54) is 0 Å². The van der Waals surface area contributed by atoms with E-state index in [2.05, 4.69) is 0 Å². The van der Waals surface area contributed by atoms with Gasteiger partial charge in [-0.3, -0.25) is 9.80 Å². The first-order valence-corrected chi connectivity index (χ1v) is 7.69. The third-order valence-electron chi connectivity index (χ3n) is 4.65. The fourth-order valence-corrected chi connectivity index (χ4v) is 3.79. The summed E-state index contributed by atoms with van der Waals surface area (Å²) >= 11 is 0. The molecule has 0 bridgehead atoms. The predicted octanol–water partition coefficient (Wildman–Crippen LogP) is 2.46. The van der Waals surface area contributed by atoms with Gasteiger partial charge in [0.2, 0.25) is 0 Å². The second kappa shape index (κ2) is 4.63. The Balaban J connectivity index is 1.66. The third-order valence-corrected chi connectivity index (χ3v) is 4.65. The van der Waals surface area contributed by atoms with Crippen LogP contribution in [0.1, 0.15) is 37.1 Å². The molecule has 4 rings (SSSR count). The molecule has 4 atom stereocenters. The molecule has 6 nitrogen and oxygen atoms in total. The van der Waals surface area contributed by atoms with Crippen molar-refractivity contribution in [3.05, 3.63) is 35.4 Å². The Morgan fingerprint density at radius 2 is 1.32 bits per heavy atom. The van der Waals surface area contributed by atoms with E-state index in [-0.39, 0.29) is 36.4 Å². The zero-order valence-corrected chi connectivity index (χ0v) is 12.6. The molecule has 0 saturated carbocycles. The number of carbonyl (C=O) groups is 2. The van der Waals surface area contributed by atoms with Crippen molar-refractivity contribution in [1.29, 1.82) is 0 Å². The molecule has 116 valence electrons. The molecule has 2 heterocycles. The average molecular weight is 302 g/mol. The zero-order chi connectivity index (χ0) is 15.4. The summed E-state index contributed by atoms with van der Waals surface area (Å²) in [5, 5.41) is 0. The van der Waals surface area contributed by atoms with Crippen LogP contribution in [-0.4, -0.2) is 47.3 Å². The maximum atomic E-state index is 12.1. The fraction of sp³-hybridized carbons (Fsp3) is 0.500.